The maximum absolute atomic E-state index is 14.9. The van der Waals surface area contributed by atoms with Crippen molar-refractivity contribution in [2.24, 2.45) is 5.73 Å². The molecule has 1 atom stereocenters. The number of anilines is 1. The second-order valence-electron chi connectivity index (χ2n) is 8.67. The monoisotopic (exact) mass is 698 g/mol. The third kappa shape index (κ3) is 6.01. The lowest BCUT2D eigenvalue weighted by Gasteiger charge is -2.36. The van der Waals surface area contributed by atoms with E-state index in [2.05, 4.69) is 15.9 Å². The van der Waals surface area contributed by atoms with Gasteiger partial charge in [-0.05, 0) is 51.8 Å². The van der Waals surface area contributed by atoms with Crippen molar-refractivity contribution in [2.45, 2.75) is 30.1 Å². The minimum atomic E-state index is -7.26. The van der Waals surface area contributed by atoms with Crippen LogP contribution in [0.25, 0.3) is 11.1 Å². The third-order valence-corrected chi connectivity index (χ3v) is 6.54. The Balaban J connectivity index is 2.16. The van der Waals surface area contributed by atoms with E-state index in [1.807, 2.05) is 0 Å². The molecule has 0 aliphatic carbocycles. The molecule has 43 heavy (non-hydrogen) atoms. The standard InChI is InChI=1S/C25H12BrF13N2O2/c26-16-9-12(21(28,24(34,35)36)23(32,33)25(37,38)39)8-15(22(29,30)31)18(16)41-20(43)11-4-1-3-10(7-11)13-5-2-6-14(17(13)27)19(40)42/h1-9H,(H2,40,42)(H,41,43). The first-order valence-corrected chi connectivity index (χ1v) is 11.9. The van der Waals surface area contributed by atoms with Gasteiger partial charge >= 0.3 is 30.1 Å². The Hall–Kier alpha value is -3.83. The van der Waals surface area contributed by atoms with Gasteiger partial charge in [0.15, 0.2) is 0 Å². The second-order valence-corrected chi connectivity index (χ2v) is 9.53. The Morgan fingerprint density at radius 2 is 1.35 bits per heavy atom. The Morgan fingerprint density at radius 3 is 1.86 bits per heavy atom. The van der Waals surface area contributed by atoms with Gasteiger partial charge in [0.25, 0.3) is 11.8 Å². The number of carbonyl (C=O) groups is 2. The van der Waals surface area contributed by atoms with Gasteiger partial charge in [-0.3, -0.25) is 9.59 Å². The van der Waals surface area contributed by atoms with Crippen LogP contribution in [0.5, 0.6) is 0 Å². The van der Waals surface area contributed by atoms with E-state index in [0.29, 0.717) is 0 Å². The highest BCUT2D eigenvalue weighted by Crippen LogP contribution is 2.59. The zero-order valence-electron chi connectivity index (χ0n) is 20.4. The minimum absolute atomic E-state index is 0.111. The molecule has 0 spiro atoms. The summed E-state index contributed by atoms with van der Waals surface area (Å²) in [6.45, 7) is 0. The molecule has 0 radical (unpaired) electrons. The van der Waals surface area contributed by atoms with Crippen LogP contribution in [-0.2, 0) is 11.8 Å². The number of amides is 2. The number of alkyl halides is 12. The summed E-state index contributed by atoms with van der Waals surface area (Å²) in [6.07, 6.45) is -20.1. The van der Waals surface area contributed by atoms with E-state index in [9.17, 15) is 66.7 Å². The van der Waals surface area contributed by atoms with E-state index in [-0.39, 0.29) is 11.1 Å². The van der Waals surface area contributed by atoms with Crippen molar-refractivity contribution in [3.63, 3.8) is 0 Å². The highest BCUT2D eigenvalue weighted by Gasteiger charge is 2.82. The predicted octanol–water partition coefficient (Wildman–Crippen LogP) is 8.55. The lowest BCUT2D eigenvalue weighted by atomic mass is 9.86. The van der Waals surface area contributed by atoms with E-state index < -0.39 is 92.3 Å². The summed E-state index contributed by atoms with van der Waals surface area (Å²) < 4.78 is 176. The number of carbonyl (C=O) groups excluding carboxylic acids is 2. The van der Waals surface area contributed by atoms with E-state index in [1.165, 1.54) is 12.1 Å². The van der Waals surface area contributed by atoms with Crippen LogP contribution in [0.4, 0.5) is 62.8 Å². The normalized spacial score (nSPS) is 14.3. The van der Waals surface area contributed by atoms with Crippen LogP contribution in [0, 0.1) is 5.82 Å². The smallest absolute Gasteiger partial charge is 0.366 e. The summed E-state index contributed by atoms with van der Waals surface area (Å²) in [5, 5.41) is 1.62. The first kappa shape index (κ1) is 33.7. The van der Waals surface area contributed by atoms with Gasteiger partial charge in [-0.2, -0.15) is 48.3 Å². The van der Waals surface area contributed by atoms with Gasteiger partial charge in [0.05, 0.1) is 16.8 Å². The van der Waals surface area contributed by atoms with Crippen molar-refractivity contribution >= 4 is 33.4 Å². The number of hydrogen-bond donors (Lipinski definition) is 2. The zero-order valence-corrected chi connectivity index (χ0v) is 22.0. The van der Waals surface area contributed by atoms with E-state index >= 15 is 0 Å². The van der Waals surface area contributed by atoms with Crippen molar-refractivity contribution in [1.29, 1.82) is 0 Å². The van der Waals surface area contributed by atoms with Crippen LogP contribution < -0.4 is 11.1 Å². The molecule has 0 aliphatic heterocycles. The van der Waals surface area contributed by atoms with Crippen LogP contribution in [-0.4, -0.2) is 30.1 Å². The molecule has 2 amide bonds. The first-order chi connectivity index (χ1) is 19.4. The van der Waals surface area contributed by atoms with Crippen molar-refractivity contribution in [2.75, 3.05) is 5.32 Å². The molecule has 0 saturated heterocycles. The van der Waals surface area contributed by atoms with Crippen LogP contribution in [0.2, 0.25) is 0 Å². The molecule has 232 valence electrons. The number of rotatable bonds is 6. The summed E-state index contributed by atoms with van der Waals surface area (Å²) in [7, 11) is 0. The third-order valence-electron chi connectivity index (χ3n) is 5.91. The molecule has 3 rings (SSSR count). The Morgan fingerprint density at radius 1 is 0.767 bits per heavy atom. The average molecular weight is 699 g/mol. The molecule has 0 heterocycles. The van der Waals surface area contributed by atoms with Gasteiger partial charge in [0.1, 0.15) is 5.82 Å². The molecule has 0 aromatic heterocycles. The van der Waals surface area contributed by atoms with Gasteiger partial charge in [-0.1, -0.05) is 24.3 Å². The average Bonchev–Trinajstić information content (AvgIpc) is 2.87. The maximum atomic E-state index is 14.9. The van der Waals surface area contributed by atoms with Gasteiger partial charge in [0, 0.05) is 21.2 Å². The van der Waals surface area contributed by atoms with E-state index in [0.717, 1.165) is 30.3 Å². The molecule has 0 aliphatic rings. The molecule has 3 aromatic rings. The first-order valence-electron chi connectivity index (χ1n) is 11.1. The lowest BCUT2D eigenvalue weighted by Crippen LogP contribution is -2.59. The zero-order chi connectivity index (χ0) is 32.9. The number of halogens is 14. The number of primary amides is 1. The maximum Gasteiger partial charge on any atom is 0.457 e. The molecule has 0 fully saturated rings. The van der Waals surface area contributed by atoms with Crippen LogP contribution >= 0.6 is 15.9 Å². The fraction of sp³-hybridized carbons (Fsp3) is 0.200. The largest absolute Gasteiger partial charge is 0.457 e. The summed E-state index contributed by atoms with van der Waals surface area (Å²) in [6, 6.07) is 6.26. The van der Waals surface area contributed by atoms with Gasteiger partial charge in [-0.15, -0.1) is 0 Å². The van der Waals surface area contributed by atoms with Gasteiger partial charge in [0.2, 0.25) is 0 Å². The SMILES string of the molecule is NC(=O)c1cccc(-c2cccc(C(=O)Nc3c(Br)cc(C(F)(C(F)(F)F)C(F)(F)C(F)(F)F)cc3C(F)(F)F)c2)c1F. The topological polar surface area (TPSA) is 72.2 Å². The van der Waals surface area contributed by atoms with E-state index in [4.69, 9.17) is 5.73 Å². The van der Waals surface area contributed by atoms with Crippen LogP contribution in [0.1, 0.15) is 31.8 Å². The highest BCUT2D eigenvalue weighted by molar-refractivity contribution is 9.10. The molecular formula is C25H12BrF13N2O2. The number of benzene rings is 3. The second kappa shape index (κ2) is 11.0. The van der Waals surface area contributed by atoms with Crippen molar-refractivity contribution in [3.05, 3.63) is 87.1 Å². The van der Waals surface area contributed by atoms with Crippen LogP contribution in [0.15, 0.2) is 59.1 Å². The molecule has 3 N–H and O–H groups in total. The van der Waals surface area contributed by atoms with Crippen molar-refractivity contribution < 1.29 is 66.7 Å². The summed E-state index contributed by atoms with van der Waals surface area (Å²) in [4.78, 5) is 24.2. The van der Waals surface area contributed by atoms with Crippen molar-refractivity contribution in [1.82, 2.24) is 0 Å². The fourth-order valence-corrected chi connectivity index (χ4v) is 4.39. The highest BCUT2D eigenvalue weighted by atomic mass is 79.9. The summed E-state index contributed by atoms with van der Waals surface area (Å²) in [5.74, 6) is -11.0. The molecule has 3 aromatic carbocycles. The fourth-order valence-electron chi connectivity index (χ4n) is 3.83. The quantitative estimate of drug-likeness (QED) is 0.253. The summed E-state index contributed by atoms with van der Waals surface area (Å²) in [5.41, 5.74) is -9.77. The lowest BCUT2D eigenvalue weighted by molar-refractivity contribution is -0.389. The Kier molecular flexibility index (Phi) is 8.63. The number of nitrogens with one attached hydrogen (secondary N) is 1. The molecule has 0 bridgehead atoms. The van der Waals surface area contributed by atoms with Gasteiger partial charge < -0.3 is 11.1 Å². The summed E-state index contributed by atoms with van der Waals surface area (Å²) >= 11 is 2.28. The molecule has 0 saturated carbocycles. The Labute approximate surface area is 239 Å². The molecular weight excluding hydrogens is 687 g/mol. The van der Waals surface area contributed by atoms with Gasteiger partial charge in [-0.25, -0.2) is 8.78 Å². The predicted molar refractivity (Wildman–Crippen MR) is 127 cm³/mol. The minimum Gasteiger partial charge on any atom is -0.366 e. The number of nitrogens with two attached hydrogens (primary N) is 1. The Bertz CT molecular complexity index is 1580. The van der Waals surface area contributed by atoms with Crippen LogP contribution in [0.3, 0.4) is 0 Å². The van der Waals surface area contributed by atoms with E-state index in [1.54, 1.807) is 5.32 Å². The molecule has 4 nitrogen and oxygen atoms in total. The number of hydrogen-bond acceptors (Lipinski definition) is 2. The van der Waals surface area contributed by atoms with Crippen molar-refractivity contribution in [3.8, 4) is 11.1 Å². The molecule has 1 unspecified atom stereocenters. The molecule has 18 heteroatoms.